The number of carbonyl (C=O) groups excluding carboxylic acids is 1. The number of alkyl halides is 2. The minimum absolute atomic E-state index is 0.266. The Bertz CT molecular complexity index is 200. The first-order valence-corrected chi connectivity index (χ1v) is 4.21. The third-order valence-electron chi connectivity index (χ3n) is 2.32. The maximum absolute atomic E-state index is 12.8. The molecule has 0 aromatic rings. The zero-order valence-electron chi connectivity index (χ0n) is 7.31. The summed E-state index contributed by atoms with van der Waals surface area (Å²) in [5.74, 6) is -4.38. The molecule has 0 saturated carbocycles. The van der Waals surface area contributed by atoms with Gasteiger partial charge in [-0.05, 0) is 5.94 Å². The Morgan fingerprint density at radius 1 is 1.58 bits per heavy atom. The van der Waals surface area contributed by atoms with E-state index in [0.717, 1.165) is 0 Å². The standard InChI is InChI=1S/C6H11B2F2NO/c1-7-4-3-6(9,10)5(12)11(4)8-2/h4,7-8H,3H2,1-2H3/t4-/m1/s1. The molecule has 66 valence electrons. The van der Waals surface area contributed by atoms with Crippen molar-refractivity contribution in [2.45, 2.75) is 31.9 Å². The van der Waals surface area contributed by atoms with Crippen LogP contribution >= 0.6 is 0 Å². The molecule has 0 unspecified atom stereocenters. The lowest BCUT2D eigenvalue weighted by Gasteiger charge is -2.19. The Labute approximate surface area is 71.8 Å². The Kier molecular flexibility index (Phi) is 2.44. The highest BCUT2D eigenvalue weighted by Gasteiger charge is 2.51. The molecule has 1 rings (SSSR count). The van der Waals surface area contributed by atoms with E-state index in [1.54, 1.807) is 6.82 Å². The Morgan fingerprint density at radius 3 is 2.50 bits per heavy atom. The highest BCUT2D eigenvalue weighted by molar-refractivity contribution is 6.44. The monoisotopic (exact) mass is 173 g/mol. The predicted molar refractivity (Wildman–Crippen MR) is 46.2 cm³/mol. The van der Waals surface area contributed by atoms with Crippen molar-refractivity contribution in [3.05, 3.63) is 0 Å². The third kappa shape index (κ3) is 1.34. The van der Waals surface area contributed by atoms with E-state index in [0.29, 0.717) is 14.7 Å². The van der Waals surface area contributed by atoms with Crippen molar-refractivity contribution < 1.29 is 13.6 Å². The average Bonchev–Trinajstić information content (AvgIpc) is 2.24. The molecule has 0 N–H and O–H groups in total. The summed E-state index contributed by atoms with van der Waals surface area (Å²) in [6, 6.07) is 0. The molecule has 0 bridgehead atoms. The highest BCUT2D eigenvalue weighted by Crippen LogP contribution is 2.32. The molecule has 1 aliphatic rings. The number of hydrogen-bond donors (Lipinski definition) is 0. The SMILES string of the molecule is CB[C@H]1CC(F)(F)C(=O)N1BC. The van der Waals surface area contributed by atoms with Gasteiger partial charge in [-0.25, -0.2) is 0 Å². The highest BCUT2D eigenvalue weighted by atomic mass is 19.3. The van der Waals surface area contributed by atoms with Crippen LogP contribution in [0.5, 0.6) is 0 Å². The van der Waals surface area contributed by atoms with Gasteiger partial charge in [-0.1, -0.05) is 13.6 Å². The first-order valence-electron chi connectivity index (χ1n) is 4.21. The van der Waals surface area contributed by atoms with E-state index in [1.165, 1.54) is 4.81 Å². The lowest BCUT2D eigenvalue weighted by molar-refractivity contribution is -0.144. The van der Waals surface area contributed by atoms with Crippen molar-refractivity contribution in [3.63, 3.8) is 0 Å². The van der Waals surface area contributed by atoms with E-state index in [9.17, 15) is 13.6 Å². The molecule has 1 atom stereocenters. The van der Waals surface area contributed by atoms with Crippen LogP contribution in [0.25, 0.3) is 0 Å². The zero-order valence-corrected chi connectivity index (χ0v) is 7.31. The maximum atomic E-state index is 12.8. The lowest BCUT2D eigenvalue weighted by Crippen LogP contribution is -2.39. The van der Waals surface area contributed by atoms with Crippen molar-refractivity contribution in [2.24, 2.45) is 0 Å². The number of carbonyl (C=O) groups is 1. The predicted octanol–water partition coefficient (Wildman–Crippen LogP) is 0.0643. The molecule has 1 saturated heterocycles. The molecule has 12 heavy (non-hydrogen) atoms. The van der Waals surface area contributed by atoms with Gasteiger partial charge in [0, 0.05) is 6.42 Å². The second kappa shape index (κ2) is 3.07. The van der Waals surface area contributed by atoms with Crippen molar-refractivity contribution in [1.29, 1.82) is 0 Å². The van der Waals surface area contributed by atoms with Crippen LogP contribution in [0.4, 0.5) is 8.78 Å². The third-order valence-corrected chi connectivity index (χ3v) is 2.32. The number of halogens is 2. The molecule has 1 heterocycles. The summed E-state index contributed by atoms with van der Waals surface area (Å²) in [5, 5.41) is 0. The summed E-state index contributed by atoms with van der Waals surface area (Å²) in [7, 11) is 0.988. The summed E-state index contributed by atoms with van der Waals surface area (Å²) in [6.45, 7) is 3.55. The van der Waals surface area contributed by atoms with E-state index in [1.807, 2.05) is 6.82 Å². The fourth-order valence-corrected chi connectivity index (χ4v) is 1.64. The molecule has 1 aliphatic heterocycles. The molecule has 0 radical (unpaired) electrons. The van der Waals surface area contributed by atoms with Crippen LogP contribution in [0.2, 0.25) is 13.6 Å². The molecular weight excluding hydrogens is 162 g/mol. The van der Waals surface area contributed by atoms with Crippen LogP contribution in [0.15, 0.2) is 0 Å². The second-order valence-corrected chi connectivity index (χ2v) is 3.06. The minimum Gasteiger partial charge on any atom is -0.389 e. The smallest absolute Gasteiger partial charge is 0.324 e. The Balaban J connectivity index is 2.79. The van der Waals surface area contributed by atoms with Gasteiger partial charge in [-0.2, -0.15) is 8.78 Å². The summed E-state index contributed by atoms with van der Waals surface area (Å²) in [5.41, 5.74) is 0. The fourth-order valence-electron chi connectivity index (χ4n) is 1.64. The van der Waals surface area contributed by atoms with Crippen molar-refractivity contribution in [3.8, 4) is 0 Å². The average molecular weight is 173 g/mol. The number of rotatable bonds is 2. The van der Waals surface area contributed by atoms with Crippen LogP contribution in [0.3, 0.4) is 0 Å². The van der Waals surface area contributed by atoms with E-state index in [4.69, 9.17) is 0 Å². The molecular formula is C6H11B2F2NO. The fraction of sp³-hybridized carbons (Fsp3) is 0.833. The van der Waals surface area contributed by atoms with Crippen LogP contribution in [-0.4, -0.2) is 37.3 Å². The summed E-state index contributed by atoms with van der Waals surface area (Å²) in [4.78, 5) is 12.3. The van der Waals surface area contributed by atoms with Gasteiger partial charge in [0.2, 0.25) is 7.41 Å². The van der Waals surface area contributed by atoms with Gasteiger partial charge in [0.05, 0.1) is 0 Å². The van der Waals surface area contributed by atoms with Gasteiger partial charge in [-0.15, -0.1) is 0 Å². The Morgan fingerprint density at radius 2 is 2.17 bits per heavy atom. The van der Waals surface area contributed by atoms with Gasteiger partial charge in [0.1, 0.15) is 7.28 Å². The second-order valence-electron chi connectivity index (χ2n) is 3.06. The molecule has 0 aromatic heterocycles. The number of nitrogens with zero attached hydrogens (tertiary/aromatic N) is 1. The first kappa shape index (κ1) is 9.55. The van der Waals surface area contributed by atoms with Crippen LogP contribution < -0.4 is 0 Å². The van der Waals surface area contributed by atoms with Gasteiger partial charge < -0.3 is 4.81 Å². The number of amides is 1. The quantitative estimate of drug-likeness (QED) is 0.540. The van der Waals surface area contributed by atoms with Crippen molar-refractivity contribution >= 4 is 20.6 Å². The molecule has 6 heteroatoms. The molecule has 2 nitrogen and oxygen atoms in total. The molecule has 0 spiro atoms. The Hall–Kier alpha value is -0.540. The van der Waals surface area contributed by atoms with Gasteiger partial charge >= 0.3 is 5.92 Å². The summed E-state index contributed by atoms with van der Waals surface area (Å²) >= 11 is 0. The van der Waals surface area contributed by atoms with Gasteiger partial charge in [0.15, 0.2) is 0 Å². The molecule has 0 aromatic carbocycles. The number of hydrogen-bond acceptors (Lipinski definition) is 1. The topological polar surface area (TPSA) is 20.3 Å². The van der Waals surface area contributed by atoms with E-state index in [2.05, 4.69) is 0 Å². The van der Waals surface area contributed by atoms with E-state index in [-0.39, 0.29) is 12.4 Å². The van der Waals surface area contributed by atoms with E-state index >= 15 is 0 Å². The van der Waals surface area contributed by atoms with E-state index < -0.39 is 11.8 Å². The van der Waals surface area contributed by atoms with Crippen LogP contribution in [0.1, 0.15) is 6.42 Å². The van der Waals surface area contributed by atoms with Gasteiger partial charge in [0.25, 0.3) is 5.91 Å². The summed E-state index contributed by atoms with van der Waals surface area (Å²) < 4.78 is 25.6. The van der Waals surface area contributed by atoms with Crippen molar-refractivity contribution in [1.82, 2.24) is 4.81 Å². The molecule has 1 fully saturated rings. The van der Waals surface area contributed by atoms with Gasteiger partial charge in [-0.3, -0.25) is 4.79 Å². The van der Waals surface area contributed by atoms with Crippen LogP contribution in [0, 0.1) is 0 Å². The van der Waals surface area contributed by atoms with Crippen LogP contribution in [-0.2, 0) is 4.79 Å². The maximum Gasteiger partial charge on any atom is 0.324 e. The molecule has 1 amide bonds. The molecule has 0 aliphatic carbocycles. The zero-order chi connectivity index (χ0) is 9.35. The lowest BCUT2D eigenvalue weighted by atomic mass is 9.69. The largest absolute Gasteiger partial charge is 0.389 e. The van der Waals surface area contributed by atoms with Crippen molar-refractivity contribution in [2.75, 3.05) is 0 Å². The minimum atomic E-state index is -3.11. The normalized spacial score (nSPS) is 27.5. The summed E-state index contributed by atoms with van der Waals surface area (Å²) in [6.07, 6.45) is -0.309. The first-order chi connectivity index (χ1) is 5.53.